The van der Waals surface area contributed by atoms with Crippen molar-refractivity contribution in [1.82, 2.24) is 15.3 Å². The molecule has 1 heterocycles. The molecule has 0 radical (unpaired) electrons. The molecule has 0 aliphatic carbocycles. The van der Waals surface area contributed by atoms with E-state index in [1.165, 1.54) is 0 Å². The molecule has 6 nitrogen and oxygen atoms in total. The summed E-state index contributed by atoms with van der Waals surface area (Å²) < 4.78 is 5.25. The standard InChI is InChI=1S/C25H30N4O2Si/c1-25(2,3)31-24(30)27-16-19-7-10-21(11-8-19)28-23-26-17-20-15-18(9-12-22(20)29-23)13-14-32(4,5)6/h7-12,15,17H,16H2,1-6H3,(H,27,30)(H,26,28,29). The van der Waals surface area contributed by atoms with Crippen LogP contribution in [-0.2, 0) is 11.3 Å². The van der Waals surface area contributed by atoms with Crippen molar-refractivity contribution < 1.29 is 9.53 Å². The van der Waals surface area contributed by atoms with E-state index in [1.807, 2.05) is 69.4 Å². The number of nitrogens with one attached hydrogen (secondary N) is 2. The topological polar surface area (TPSA) is 76.1 Å². The van der Waals surface area contributed by atoms with Gasteiger partial charge in [0.2, 0.25) is 5.95 Å². The van der Waals surface area contributed by atoms with Crippen molar-refractivity contribution in [2.75, 3.05) is 5.32 Å². The maximum atomic E-state index is 11.8. The van der Waals surface area contributed by atoms with Crippen LogP contribution in [0.25, 0.3) is 10.9 Å². The Balaban J connectivity index is 1.63. The largest absolute Gasteiger partial charge is 0.444 e. The Morgan fingerprint density at radius 1 is 1.09 bits per heavy atom. The van der Waals surface area contributed by atoms with Crippen LogP contribution in [0.4, 0.5) is 16.4 Å². The summed E-state index contributed by atoms with van der Waals surface area (Å²) in [5.74, 6) is 3.80. The smallest absolute Gasteiger partial charge is 0.407 e. The molecule has 0 bridgehead atoms. The van der Waals surface area contributed by atoms with Gasteiger partial charge in [0.05, 0.1) is 5.52 Å². The molecule has 0 fully saturated rings. The first-order chi connectivity index (χ1) is 15.0. The molecule has 0 aliphatic rings. The predicted octanol–water partition coefficient (Wildman–Crippen LogP) is 5.63. The highest BCUT2D eigenvalue weighted by Gasteiger charge is 2.15. The summed E-state index contributed by atoms with van der Waals surface area (Å²) in [4.78, 5) is 20.8. The number of carbonyl (C=O) groups is 1. The molecule has 2 aromatic carbocycles. The number of nitrogens with zero attached hydrogens (tertiary/aromatic N) is 2. The van der Waals surface area contributed by atoms with Crippen LogP contribution in [0, 0.1) is 11.5 Å². The number of rotatable bonds is 4. The third-order valence-electron chi connectivity index (χ3n) is 4.21. The van der Waals surface area contributed by atoms with Crippen LogP contribution in [0.1, 0.15) is 31.9 Å². The lowest BCUT2D eigenvalue weighted by Gasteiger charge is -2.19. The molecule has 0 saturated carbocycles. The lowest BCUT2D eigenvalue weighted by atomic mass is 10.1. The van der Waals surface area contributed by atoms with Gasteiger partial charge < -0.3 is 15.4 Å². The Morgan fingerprint density at radius 2 is 1.81 bits per heavy atom. The Kier molecular flexibility index (Phi) is 6.85. The zero-order valence-corrected chi connectivity index (χ0v) is 20.5. The van der Waals surface area contributed by atoms with Crippen LogP contribution < -0.4 is 10.6 Å². The van der Waals surface area contributed by atoms with Crippen LogP contribution in [-0.4, -0.2) is 29.7 Å². The molecule has 0 spiro atoms. The highest BCUT2D eigenvalue weighted by Crippen LogP contribution is 2.18. The molecule has 2 N–H and O–H groups in total. The molecule has 3 aromatic rings. The number of carbonyl (C=O) groups excluding carboxylic acids is 1. The number of fused-ring (bicyclic) bond motifs is 1. The van der Waals surface area contributed by atoms with Crippen molar-refractivity contribution in [3.05, 3.63) is 59.8 Å². The first-order valence-corrected chi connectivity index (χ1v) is 14.1. The van der Waals surface area contributed by atoms with E-state index >= 15 is 0 Å². The van der Waals surface area contributed by atoms with E-state index in [-0.39, 0.29) is 0 Å². The quantitative estimate of drug-likeness (QED) is 0.401. The zero-order valence-electron chi connectivity index (χ0n) is 19.5. The van der Waals surface area contributed by atoms with Gasteiger partial charge in [-0.2, -0.15) is 0 Å². The van der Waals surface area contributed by atoms with Gasteiger partial charge in [0.15, 0.2) is 0 Å². The summed E-state index contributed by atoms with van der Waals surface area (Å²) >= 11 is 0. The number of ether oxygens (including phenoxy) is 1. The molecule has 32 heavy (non-hydrogen) atoms. The van der Waals surface area contributed by atoms with Gasteiger partial charge in [0, 0.05) is 29.4 Å². The third kappa shape index (κ3) is 7.40. The minimum Gasteiger partial charge on any atom is -0.444 e. The SMILES string of the molecule is CC(C)(C)OC(=O)NCc1ccc(Nc2ncc3cc(C#C[Si](C)(C)C)ccc3n2)cc1. The van der Waals surface area contributed by atoms with Crippen molar-refractivity contribution in [3.8, 4) is 11.5 Å². The monoisotopic (exact) mass is 446 g/mol. The highest BCUT2D eigenvalue weighted by molar-refractivity contribution is 6.83. The molecular formula is C25H30N4O2Si. The molecule has 0 atom stereocenters. The number of amides is 1. The maximum absolute atomic E-state index is 11.8. The zero-order chi connectivity index (χ0) is 23.4. The summed E-state index contributed by atoms with van der Waals surface area (Å²) in [7, 11) is -1.41. The summed E-state index contributed by atoms with van der Waals surface area (Å²) in [6.07, 6.45) is 1.38. The van der Waals surface area contributed by atoms with Crippen molar-refractivity contribution in [3.63, 3.8) is 0 Å². The van der Waals surface area contributed by atoms with Crippen molar-refractivity contribution >= 4 is 36.7 Å². The van der Waals surface area contributed by atoms with Gasteiger partial charge in [0.25, 0.3) is 0 Å². The molecule has 0 unspecified atom stereocenters. The van der Waals surface area contributed by atoms with Gasteiger partial charge in [-0.25, -0.2) is 14.8 Å². The van der Waals surface area contributed by atoms with Crippen LogP contribution in [0.15, 0.2) is 48.7 Å². The fraction of sp³-hybridized carbons (Fsp3) is 0.320. The van der Waals surface area contributed by atoms with E-state index in [0.29, 0.717) is 12.5 Å². The number of benzene rings is 2. The number of anilines is 2. The van der Waals surface area contributed by atoms with E-state index in [1.54, 1.807) is 0 Å². The van der Waals surface area contributed by atoms with Crippen molar-refractivity contribution in [2.24, 2.45) is 0 Å². The minimum absolute atomic E-state index is 0.393. The fourth-order valence-corrected chi connectivity index (χ4v) is 3.27. The number of hydrogen-bond donors (Lipinski definition) is 2. The summed E-state index contributed by atoms with van der Waals surface area (Å²) in [5.41, 5.74) is 6.54. The second-order valence-corrected chi connectivity index (χ2v) is 14.4. The average Bonchev–Trinajstić information content (AvgIpc) is 2.70. The minimum atomic E-state index is -1.41. The van der Waals surface area contributed by atoms with Gasteiger partial charge >= 0.3 is 6.09 Å². The second kappa shape index (κ2) is 9.41. The number of hydrogen-bond acceptors (Lipinski definition) is 5. The van der Waals surface area contributed by atoms with Crippen LogP contribution in [0.3, 0.4) is 0 Å². The lowest BCUT2D eigenvalue weighted by Crippen LogP contribution is -2.32. The van der Waals surface area contributed by atoms with Crippen LogP contribution >= 0.6 is 0 Å². The third-order valence-corrected chi connectivity index (χ3v) is 5.08. The Bertz CT molecular complexity index is 1170. The second-order valence-electron chi connectivity index (χ2n) is 9.64. The van der Waals surface area contributed by atoms with E-state index in [0.717, 1.165) is 27.7 Å². The van der Waals surface area contributed by atoms with E-state index in [2.05, 4.69) is 51.7 Å². The predicted molar refractivity (Wildman–Crippen MR) is 133 cm³/mol. The summed E-state index contributed by atoms with van der Waals surface area (Å²) in [6.45, 7) is 12.6. The van der Waals surface area contributed by atoms with Gasteiger partial charge in [-0.1, -0.05) is 37.7 Å². The lowest BCUT2D eigenvalue weighted by molar-refractivity contribution is 0.0523. The molecule has 166 valence electrons. The number of alkyl carbamates (subject to hydrolysis) is 1. The molecule has 1 amide bonds. The summed E-state index contributed by atoms with van der Waals surface area (Å²) in [5, 5.41) is 6.93. The average molecular weight is 447 g/mol. The maximum Gasteiger partial charge on any atom is 0.407 e. The Labute approximate surface area is 190 Å². The molecule has 3 rings (SSSR count). The Morgan fingerprint density at radius 3 is 2.47 bits per heavy atom. The van der Waals surface area contributed by atoms with E-state index < -0.39 is 19.8 Å². The first kappa shape index (κ1) is 23.3. The van der Waals surface area contributed by atoms with Crippen LogP contribution in [0.5, 0.6) is 0 Å². The van der Waals surface area contributed by atoms with Gasteiger partial charge in [-0.05, 0) is 56.7 Å². The molecule has 1 aromatic heterocycles. The molecule has 7 heteroatoms. The molecule has 0 saturated heterocycles. The van der Waals surface area contributed by atoms with E-state index in [9.17, 15) is 4.79 Å². The van der Waals surface area contributed by atoms with Crippen molar-refractivity contribution in [1.29, 1.82) is 0 Å². The first-order valence-electron chi connectivity index (χ1n) is 10.6. The highest BCUT2D eigenvalue weighted by atomic mass is 28.3. The normalized spacial score (nSPS) is 11.4. The van der Waals surface area contributed by atoms with Crippen LogP contribution in [0.2, 0.25) is 19.6 Å². The summed E-state index contributed by atoms with van der Waals surface area (Å²) in [6, 6.07) is 13.7. The number of aromatic nitrogens is 2. The van der Waals surface area contributed by atoms with Gasteiger partial charge in [-0.15, -0.1) is 5.54 Å². The van der Waals surface area contributed by atoms with Gasteiger partial charge in [0.1, 0.15) is 13.7 Å². The van der Waals surface area contributed by atoms with Gasteiger partial charge in [-0.3, -0.25) is 0 Å². The van der Waals surface area contributed by atoms with E-state index in [4.69, 9.17) is 4.74 Å². The molecule has 0 aliphatic heterocycles. The van der Waals surface area contributed by atoms with Crippen molar-refractivity contribution in [2.45, 2.75) is 52.6 Å². The fourth-order valence-electron chi connectivity index (χ4n) is 2.75. The Hall–Kier alpha value is -3.37. The molecular weight excluding hydrogens is 416 g/mol.